The zero-order valence-electron chi connectivity index (χ0n) is 64.9. The van der Waals surface area contributed by atoms with Crippen LogP contribution in [0.1, 0.15) is 69.9 Å². The van der Waals surface area contributed by atoms with Crippen molar-refractivity contribution in [3.63, 3.8) is 0 Å². The molecule has 17 aromatic rings. The Balaban J connectivity index is 0.000000132. The van der Waals surface area contributed by atoms with Gasteiger partial charge in [-0.3, -0.25) is 49.1 Å². The monoisotopic (exact) mass is 1610 g/mol. The largest absolute Gasteiger partial charge is 0.481 e. The first-order valence-corrected chi connectivity index (χ1v) is 36.9. The summed E-state index contributed by atoms with van der Waals surface area (Å²) in [5, 5.41) is 29.3. The molecule has 0 fully saturated rings. The number of halogens is 3. The molecular formula is C88H69F3N24O6. The maximum atomic E-state index is 12.6. The third-order valence-electron chi connectivity index (χ3n) is 17.7. The minimum atomic E-state index is -4.56. The van der Waals surface area contributed by atoms with Gasteiger partial charge >= 0.3 is 6.18 Å². The van der Waals surface area contributed by atoms with Crippen LogP contribution in [0.2, 0.25) is 0 Å². The highest BCUT2D eigenvalue weighted by Crippen LogP contribution is 2.30. The van der Waals surface area contributed by atoms with Gasteiger partial charge in [0.15, 0.2) is 0 Å². The van der Waals surface area contributed by atoms with E-state index in [9.17, 15) is 32.3 Å². The summed E-state index contributed by atoms with van der Waals surface area (Å²) in [4.78, 5) is 98.5. The van der Waals surface area contributed by atoms with Crippen molar-refractivity contribution in [2.75, 3.05) is 28.4 Å². The molecule has 0 atom stereocenters. The lowest BCUT2D eigenvalue weighted by atomic mass is 10.2. The van der Waals surface area contributed by atoms with E-state index >= 15 is 0 Å². The molecule has 0 aliphatic carbocycles. The summed E-state index contributed by atoms with van der Waals surface area (Å²) in [7, 11) is 1.52. The lowest BCUT2D eigenvalue weighted by Gasteiger charge is -2.08. The second-order valence-corrected chi connectivity index (χ2v) is 26.3. The number of ether oxygens (including phenoxy) is 2. The summed E-state index contributed by atoms with van der Waals surface area (Å²) in [5.74, 6) is 1.63. The third-order valence-corrected chi connectivity index (χ3v) is 17.7. The molecular weight excluding hydrogens is 1550 g/mol. The number of para-hydroxylation sites is 1. The van der Waals surface area contributed by atoms with E-state index < -0.39 is 17.8 Å². The Kier molecular flexibility index (Phi) is 25.1. The molecule has 4 amide bonds. The van der Waals surface area contributed by atoms with Gasteiger partial charge in [0.25, 0.3) is 23.6 Å². The van der Waals surface area contributed by atoms with Crippen LogP contribution in [-0.2, 0) is 6.18 Å². The topological polar surface area (TPSA) is 361 Å². The lowest BCUT2D eigenvalue weighted by molar-refractivity contribution is -0.141. The van der Waals surface area contributed by atoms with Gasteiger partial charge in [0, 0.05) is 138 Å². The zero-order valence-corrected chi connectivity index (χ0v) is 64.9. The molecule has 0 spiro atoms. The summed E-state index contributed by atoms with van der Waals surface area (Å²) in [6.45, 7) is 7.82. The fourth-order valence-electron chi connectivity index (χ4n) is 11.7. The number of hydrogen-bond donors (Lipinski definition) is 4. The van der Waals surface area contributed by atoms with Crippen LogP contribution in [-0.4, -0.2) is 130 Å². The number of aryl methyl sites for hydroxylation is 4. The number of amides is 4. The maximum Gasteiger partial charge on any atom is 0.433 e. The fourth-order valence-corrected chi connectivity index (χ4v) is 11.7. The van der Waals surface area contributed by atoms with Gasteiger partial charge in [-0.2, -0.15) is 33.6 Å². The molecule has 1 aromatic carbocycles. The number of methoxy groups -OCH3 is 1. The van der Waals surface area contributed by atoms with Crippen molar-refractivity contribution < 1.29 is 41.8 Å². The highest BCUT2D eigenvalue weighted by atomic mass is 19.4. The normalized spacial score (nSPS) is 10.8. The molecule has 0 radical (unpaired) electrons. The first-order valence-electron chi connectivity index (χ1n) is 36.9. The molecule has 4 N–H and O–H groups in total. The summed E-state index contributed by atoms with van der Waals surface area (Å²) < 4.78 is 55.5. The second kappa shape index (κ2) is 37.6. The Morgan fingerprint density at radius 2 is 0.628 bits per heavy atom. The SMILES string of the molecule is COc1ccc(C(=O)Nc2ccc(-n3nc(-c4cccnc4)cc3C)cn2)cn1.Cc1cc(-c2cccnc2)nn1-c1ccc(NC(=O)c2ccc(C(F)(F)F)nc2)nc1.Cc1cc(-c2cccnc2)nn1-c1ccc(NC(=O)c2ccc(Oc3ccccc3)nc2)nc1.Cc1cc(-c2cccnc2)nn1-c1ccc(NC(=O)c2cccnc2)nc1. The molecule has 0 unspecified atom stereocenters. The maximum absolute atomic E-state index is 12.6. The van der Waals surface area contributed by atoms with Crippen molar-refractivity contribution in [3.05, 3.63) is 356 Å². The van der Waals surface area contributed by atoms with E-state index in [4.69, 9.17) is 9.47 Å². The average molecular weight is 1620 g/mol. The number of carbonyl (C=O) groups is 4. The molecule has 0 saturated carbocycles. The van der Waals surface area contributed by atoms with Crippen LogP contribution in [0.25, 0.3) is 67.8 Å². The summed E-state index contributed by atoms with van der Waals surface area (Å²) in [6, 6.07) is 58.4. The molecule has 121 heavy (non-hydrogen) atoms. The van der Waals surface area contributed by atoms with Gasteiger partial charge < -0.3 is 30.7 Å². The van der Waals surface area contributed by atoms with Crippen molar-refractivity contribution in [2.45, 2.75) is 33.9 Å². The predicted octanol–water partition coefficient (Wildman–Crippen LogP) is 16.0. The Morgan fingerprint density at radius 3 is 0.893 bits per heavy atom. The number of hydrogen-bond acceptors (Lipinski definition) is 22. The van der Waals surface area contributed by atoms with E-state index in [0.29, 0.717) is 57.3 Å². The van der Waals surface area contributed by atoms with Gasteiger partial charge in [0.2, 0.25) is 11.8 Å². The molecule has 0 aliphatic rings. The van der Waals surface area contributed by atoms with E-state index in [1.807, 2.05) is 154 Å². The van der Waals surface area contributed by atoms with Gasteiger partial charge in [-0.15, -0.1) is 0 Å². The van der Waals surface area contributed by atoms with Crippen molar-refractivity contribution in [1.29, 1.82) is 0 Å². The van der Waals surface area contributed by atoms with Crippen LogP contribution in [0.4, 0.5) is 36.4 Å². The van der Waals surface area contributed by atoms with Gasteiger partial charge in [0.05, 0.1) is 99.7 Å². The van der Waals surface area contributed by atoms with Crippen molar-refractivity contribution in [1.82, 2.24) is 98.9 Å². The van der Waals surface area contributed by atoms with Crippen LogP contribution < -0.4 is 30.7 Å². The molecule has 17 rings (SSSR count). The van der Waals surface area contributed by atoms with Gasteiger partial charge in [-0.1, -0.05) is 18.2 Å². The van der Waals surface area contributed by atoms with Crippen molar-refractivity contribution in [2.24, 2.45) is 0 Å². The van der Waals surface area contributed by atoms with Crippen molar-refractivity contribution >= 4 is 46.9 Å². The number of nitrogens with zero attached hydrogens (tertiary/aromatic N) is 20. The molecule has 30 nitrogen and oxygen atoms in total. The van der Waals surface area contributed by atoms with E-state index in [1.54, 1.807) is 155 Å². The van der Waals surface area contributed by atoms with Gasteiger partial charge in [-0.05, 0) is 198 Å². The average Bonchev–Trinajstić information content (AvgIpc) is 1.74. The van der Waals surface area contributed by atoms with E-state index in [0.717, 1.165) is 103 Å². The number of nitrogens with one attached hydrogen (secondary N) is 4. The Labute approximate surface area is 688 Å². The number of aromatic nitrogens is 20. The van der Waals surface area contributed by atoms with Crippen LogP contribution in [0, 0.1) is 27.7 Å². The molecule has 0 saturated heterocycles. The third kappa shape index (κ3) is 20.8. The summed E-state index contributed by atoms with van der Waals surface area (Å²) in [6.07, 6.45) is 22.8. The van der Waals surface area contributed by atoms with Crippen LogP contribution in [0.15, 0.2) is 306 Å². The van der Waals surface area contributed by atoms with Gasteiger partial charge in [-0.25, -0.2) is 48.6 Å². The number of carbonyl (C=O) groups excluding carboxylic acids is 4. The van der Waals surface area contributed by atoms with Crippen LogP contribution in [0.3, 0.4) is 0 Å². The van der Waals surface area contributed by atoms with Crippen molar-refractivity contribution in [3.8, 4) is 85.3 Å². The molecule has 0 bridgehead atoms. The zero-order chi connectivity index (χ0) is 84.2. The Bertz CT molecular complexity index is 6340. The highest BCUT2D eigenvalue weighted by Gasteiger charge is 2.32. The van der Waals surface area contributed by atoms with E-state index in [2.05, 4.69) is 101 Å². The summed E-state index contributed by atoms with van der Waals surface area (Å²) in [5.41, 5.74) is 14.1. The number of pyridine rings is 12. The van der Waals surface area contributed by atoms with Gasteiger partial charge in [0.1, 0.15) is 34.7 Å². The molecule has 33 heteroatoms. The first kappa shape index (κ1) is 80.7. The standard InChI is InChI=1S/C26H20N6O2.C21H15F3N6O.C21H18N6O2.C20H16N6O/c1-18-14-23(19-6-5-13-27-15-19)31-32(18)21-10-11-24(28-17-21)30-26(33)20-9-12-25(29-16-20)34-22-7-3-2-4-8-22;1-13-9-17(14-3-2-8-25-10-14)29-30(13)16-5-7-19(27-12-16)28-20(31)15-4-6-18(26-11-15)21(22,23)24;1-14-10-18(15-4-3-9-22-11-15)26-27(14)17-6-7-19(23-13-17)25-21(28)16-5-8-20(29-2)24-12-16;1-14-10-18(15-4-2-8-21-11-15)25-26(14)17-6-7-19(23-13-17)24-20(27)16-5-3-9-22-12-16/h2-17H,1H3,(H,28,30,33);2-12H,1H3,(H,27,28,31);3-13H,1-2H3,(H,23,25,28);2-13H,1H3,(H,23,24,27). The van der Waals surface area contributed by atoms with E-state index in [-0.39, 0.29) is 29.1 Å². The smallest absolute Gasteiger partial charge is 0.433 e. The minimum absolute atomic E-state index is 0.0112. The molecule has 16 heterocycles. The highest BCUT2D eigenvalue weighted by molar-refractivity contribution is 6.05. The van der Waals surface area contributed by atoms with Crippen LogP contribution in [0.5, 0.6) is 17.5 Å². The first-order chi connectivity index (χ1) is 58.8. The molecule has 0 aliphatic heterocycles. The molecule has 16 aromatic heterocycles. The predicted molar refractivity (Wildman–Crippen MR) is 444 cm³/mol. The number of rotatable bonds is 19. The number of anilines is 4. The number of alkyl halides is 3. The minimum Gasteiger partial charge on any atom is -0.481 e. The lowest BCUT2D eigenvalue weighted by Crippen LogP contribution is -2.15. The number of benzene rings is 1. The second-order valence-electron chi connectivity index (χ2n) is 26.3. The fraction of sp³-hybridized carbons (Fsp3) is 0.0682. The van der Waals surface area contributed by atoms with E-state index in [1.165, 1.54) is 31.9 Å². The Morgan fingerprint density at radius 1 is 0.314 bits per heavy atom. The quantitative estimate of drug-likeness (QED) is 0.0584. The summed E-state index contributed by atoms with van der Waals surface area (Å²) >= 11 is 0. The molecule has 598 valence electrons. The Hall–Kier alpha value is -16.9. The van der Waals surface area contributed by atoms with Crippen LogP contribution >= 0.6 is 0 Å².